The quantitative estimate of drug-likeness (QED) is 0.694. The van der Waals surface area contributed by atoms with Crippen LogP contribution in [0.1, 0.15) is 56.1 Å². The van der Waals surface area contributed by atoms with Gasteiger partial charge in [0, 0.05) is 43.3 Å². The van der Waals surface area contributed by atoms with Gasteiger partial charge >= 0.3 is 12.2 Å². The lowest BCUT2D eigenvalue weighted by Crippen LogP contribution is -2.52. The summed E-state index contributed by atoms with van der Waals surface area (Å²) >= 11 is 0. The second kappa shape index (κ2) is 9.35. The highest BCUT2D eigenvalue weighted by Crippen LogP contribution is 2.46. The topological polar surface area (TPSA) is 102 Å². The highest BCUT2D eigenvalue weighted by molar-refractivity contribution is 5.80. The van der Waals surface area contributed by atoms with Crippen molar-refractivity contribution in [3.63, 3.8) is 0 Å². The number of carbonyl (C=O) groups is 2. The summed E-state index contributed by atoms with van der Waals surface area (Å²) in [5.74, 6) is -1.01. The number of nitriles is 1. The summed E-state index contributed by atoms with van der Waals surface area (Å²) < 4.78 is 40.4. The summed E-state index contributed by atoms with van der Waals surface area (Å²) in [6.45, 7) is 1.53. The van der Waals surface area contributed by atoms with Gasteiger partial charge < -0.3 is 20.9 Å². The number of urea groups is 1. The van der Waals surface area contributed by atoms with E-state index in [9.17, 15) is 22.8 Å². The SMILES string of the molecule is N#Cc1ccc(N2CC(C(N)=O)C3(CCN(C(=O)NC4CCCCC4)CC3)C2)cc1C(F)(F)F. The maximum absolute atomic E-state index is 13.5. The Morgan fingerprint density at radius 3 is 2.41 bits per heavy atom. The monoisotopic (exact) mass is 477 g/mol. The van der Waals surface area contributed by atoms with Crippen LogP contribution >= 0.6 is 0 Å². The summed E-state index contributed by atoms with van der Waals surface area (Å²) in [6, 6.07) is 5.33. The molecule has 3 aliphatic rings. The Labute approximate surface area is 197 Å². The number of halogens is 3. The average molecular weight is 478 g/mol. The number of hydrogen-bond acceptors (Lipinski definition) is 4. The molecule has 34 heavy (non-hydrogen) atoms. The van der Waals surface area contributed by atoms with Crippen molar-refractivity contribution in [1.82, 2.24) is 10.2 Å². The molecule has 0 bridgehead atoms. The number of anilines is 1. The lowest BCUT2D eigenvalue weighted by molar-refractivity contribution is -0.137. The summed E-state index contributed by atoms with van der Waals surface area (Å²) in [5.41, 5.74) is 4.11. The van der Waals surface area contributed by atoms with Crippen LogP contribution in [-0.2, 0) is 11.0 Å². The van der Waals surface area contributed by atoms with Crippen LogP contribution in [-0.4, -0.2) is 49.1 Å². The summed E-state index contributed by atoms with van der Waals surface area (Å²) in [5, 5.41) is 12.2. The molecule has 2 aliphatic heterocycles. The van der Waals surface area contributed by atoms with Gasteiger partial charge in [-0.3, -0.25) is 4.79 Å². The molecule has 1 aliphatic carbocycles. The van der Waals surface area contributed by atoms with Gasteiger partial charge in [-0.05, 0) is 43.9 Å². The molecule has 7 nitrogen and oxygen atoms in total. The molecule has 4 rings (SSSR count). The molecular weight excluding hydrogens is 447 g/mol. The van der Waals surface area contributed by atoms with Crippen molar-refractivity contribution in [2.24, 2.45) is 17.1 Å². The van der Waals surface area contributed by atoms with Crippen LogP contribution in [0.5, 0.6) is 0 Å². The second-order valence-corrected chi connectivity index (χ2v) is 9.81. The Morgan fingerprint density at radius 2 is 1.82 bits per heavy atom. The number of carbonyl (C=O) groups excluding carboxylic acids is 2. The lowest BCUT2D eigenvalue weighted by Gasteiger charge is -2.42. The zero-order chi connectivity index (χ0) is 24.5. The van der Waals surface area contributed by atoms with E-state index in [2.05, 4.69) is 5.32 Å². The van der Waals surface area contributed by atoms with Gasteiger partial charge in [-0.15, -0.1) is 0 Å². The van der Waals surface area contributed by atoms with Gasteiger partial charge in [0.2, 0.25) is 5.91 Å². The molecule has 3 fully saturated rings. The van der Waals surface area contributed by atoms with E-state index < -0.39 is 34.5 Å². The highest BCUT2D eigenvalue weighted by Gasteiger charge is 2.51. The van der Waals surface area contributed by atoms with Gasteiger partial charge in [-0.25, -0.2) is 4.79 Å². The number of rotatable bonds is 3. The van der Waals surface area contributed by atoms with E-state index in [4.69, 9.17) is 11.0 Å². The smallest absolute Gasteiger partial charge is 0.370 e. The van der Waals surface area contributed by atoms with E-state index in [0.717, 1.165) is 31.7 Å². The van der Waals surface area contributed by atoms with Crippen molar-refractivity contribution in [3.8, 4) is 6.07 Å². The van der Waals surface area contributed by atoms with Gasteiger partial charge in [0.25, 0.3) is 0 Å². The number of hydrogen-bond donors (Lipinski definition) is 2. The minimum atomic E-state index is -4.65. The molecule has 2 heterocycles. The zero-order valence-corrected chi connectivity index (χ0v) is 19.0. The molecule has 1 atom stereocenters. The van der Waals surface area contributed by atoms with Crippen LogP contribution in [0.4, 0.5) is 23.7 Å². The van der Waals surface area contributed by atoms with Gasteiger partial charge in [-0.2, -0.15) is 18.4 Å². The summed E-state index contributed by atoms with van der Waals surface area (Å²) in [7, 11) is 0. The molecule has 1 spiro atoms. The summed E-state index contributed by atoms with van der Waals surface area (Å²) in [6.07, 6.45) is 1.88. The maximum Gasteiger partial charge on any atom is 0.417 e. The fourth-order valence-corrected chi connectivity index (χ4v) is 5.79. The molecule has 0 aromatic heterocycles. The third-order valence-electron chi connectivity index (χ3n) is 7.76. The number of nitrogens with one attached hydrogen (secondary N) is 1. The Balaban J connectivity index is 1.47. The number of nitrogens with two attached hydrogens (primary N) is 1. The first kappa shape index (κ1) is 24.2. The first-order valence-corrected chi connectivity index (χ1v) is 11.8. The van der Waals surface area contributed by atoms with Crippen molar-refractivity contribution in [2.45, 2.75) is 57.2 Å². The van der Waals surface area contributed by atoms with Crippen LogP contribution in [0, 0.1) is 22.7 Å². The van der Waals surface area contributed by atoms with Crippen LogP contribution in [0.2, 0.25) is 0 Å². The predicted octanol–water partition coefficient (Wildman–Crippen LogP) is 3.62. The normalized spacial score (nSPS) is 23.1. The molecule has 3 N–H and O–H groups in total. The molecule has 2 saturated heterocycles. The molecule has 184 valence electrons. The van der Waals surface area contributed by atoms with E-state index in [1.807, 2.05) is 0 Å². The lowest BCUT2D eigenvalue weighted by atomic mass is 9.70. The first-order chi connectivity index (χ1) is 16.1. The molecule has 10 heteroatoms. The predicted molar refractivity (Wildman–Crippen MR) is 120 cm³/mol. The van der Waals surface area contributed by atoms with E-state index in [0.29, 0.717) is 38.2 Å². The van der Waals surface area contributed by atoms with E-state index in [-0.39, 0.29) is 18.6 Å². The molecule has 1 aromatic carbocycles. The minimum Gasteiger partial charge on any atom is -0.370 e. The average Bonchev–Trinajstić information content (AvgIpc) is 3.18. The number of alkyl halides is 3. The van der Waals surface area contributed by atoms with Crippen LogP contribution < -0.4 is 16.0 Å². The fraction of sp³-hybridized carbons (Fsp3) is 0.625. The zero-order valence-electron chi connectivity index (χ0n) is 19.0. The number of piperidine rings is 1. The first-order valence-electron chi connectivity index (χ1n) is 11.8. The van der Waals surface area contributed by atoms with Crippen molar-refractivity contribution >= 4 is 17.6 Å². The Bertz CT molecular complexity index is 976. The third-order valence-corrected chi connectivity index (χ3v) is 7.76. The maximum atomic E-state index is 13.5. The number of likely N-dealkylation sites (tertiary alicyclic amines) is 1. The van der Waals surface area contributed by atoms with Crippen molar-refractivity contribution in [3.05, 3.63) is 29.3 Å². The minimum absolute atomic E-state index is 0.0888. The van der Waals surface area contributed by atoms with Crippen molar-refractivity contribution in [2.75, 3.05) is 31.1 Å². The fourth-order valence-electron chi connectivity index (χ4n) is 5.79. The highest BCUT2D eigenvalue weighted by atomic mass is 19.4. The van der Waals surface area contributed by atoms with Crippen molar-refractivity contribution in [1.29, 1.82) is 5.26 Å². The molecule has 1 unspecified atom stereocenters. The van der Waals surface area contributed by atoms with E-state index in [1.165, 1.54) is 18.6 Å². The van der Waals surface area contributed by atoms with Crippen molar-refractivity contribution < 1.29 is 22.8 Å². The molecule has 1 aromatic rings. The summed E-state index contributed by atoms with van der Waals surface area (Å²) in [4.78, 5) is 28.6. The number of nitrogens with zero attached hydrogens (tertiary/aromatic N) is 3. The second-order valence-electron chi connectivity index (χ2n) is 9.81. The van der Waals surface area contributed by atoms with E-state index in [1.54, 1.807) is 15.9 Å². The van der Waals surface area contributed by atoms with Crippen LogP contribution in [0.15, 0.2) is 18.2 Å². The van der Waals surface area contributed by atoms with Gasteiger partial charge in [0.05, 0.1) is 23.1 Å². The Hall–Kier alpha value is -2.96. The standard InChI is InChI=1S/C24H30F3N5O2/c25-24(26,27)19-12-18(7-6-16(19)13-28)32-14-20(21(29)33)23(15-32)8-10-31(11-9-23)22(34)30-17-4-2-1-3-5-17/h6-7,12,17,20H,1-5,8-11,14-15H2,(H2,29,33)(H,30,34). The number of benzene rings is 1. The Morgan fingerprint density at radius 1 is 1.15 bits per heavy atom. The van der Waals surface area contributed by atoms with E-state index >= 15 is 0 Å². The van der Waals surface area contributed by atoms with Gasteiger partial charge in [0.1, 0.15) is 0 Å². The largest absolute Gasteiger partial charge is 0.417 e. The molecule has 0 radical (unpaired) electrons. The Kier molecular flexibility index (Phi) is 6.65. The van der Waals surface area contributed by atoms with Crippen LogP contribution in [0.25, 0.3) is 0 Å². The molecule has 3 amide bonds. The number of amides is 3. The molecular formula is C24H30F3N5O2. The third kappa shape index (κ3) is 4.79. The molecule has 1 saturated carbocycles. The number of primary amides is 1. The van der Waals surface area contributed by atoms with Crippen LogP contribution in [0.3, 0.4) is 0 Å². The van der Waals surface area contributed by atoms with Gasteiger partial charge in [-0.1, -0.05) is 19.3 Å². The van der Waals surface area contributed by atoms with Gasteiger partial charge in [0.15, 0.2) is 0 Å².